The Kier molecular flexibility index (Phi) is 3.45. The molecule has 0 spiro atoms. The molecule has 0 bridgehead atoms. The van der Waals surface area contributed by atoms with Crippen LogP contribution in [0.25, 0.3) is 0 Å². The summed E-state index contributed by atoms with van der Waals surface area (Å²) in [4.78, 5) is 7.94. The van der Waals surface area contributed by atoms with Gasteiger partial charge in [-0.25, -0.2) is 9.97 Å². The summed E-state index contributed by atoms with van der Waals surface area (Å²) in [7, 11) is 0. The van der Waals surface area contributed by atoms with Gasteiger partial charge in [0.15, 0.2) is 0 Å². The van der Waals surface area contributed by atoms with Gasteiger partial charge in [-0.15, -0.1) is 0 Å². The van der Waals surface area contributed by atoms with Crippen molar-refractivity contribution in [3.8, 4) is 0 Å². The van der Waals surface area contributed by atoms with Crippen LogP contribution < -0.4 is 5.32 Å². The van der Waals surface area contributed by atoms with Gasteiger partial charge >= 0.3 is 6.18 Å². The Morgan fingerprint density at radius 3 is 2.44 bits per heavy atom. The van der Waals surface area contributed by atoms with E-state index in [1.807, 2.05) is 0 Å². The molecule has 0 radical (unpaired) electrons. The van der Waals surface area contributed by atoms with Gasteiger partial charge in [-0.1, -0.05) is 6.07 Å². The van der Waals surface area contributed by atoms with Gasteiger partial charge < -0.3 is 5.32 Å². The summed E-state index contributed by atoms with van der Waals surface area (Å²) >= 11 is 0. The predicted octanol–water partition coefficient (Wildman–Crippen LogP) is 3.11. The molecule has 0 unspecified atom stereocenters. The SMILES string of the molecule is FC(F)(F)c1cccc(NCc2ncccn2)c1. The fourth-order valence-electron chi connectivity index (χ4n) is 1.41. The van der Waals surface area contributed by atoms with Crippen LogP contribution in [0.3, 0.4) is 0 Å². The van der Waals surface area contributed by atoms with Crippen LogP contribution in [0.1, 0.15) is 11.4 Å². The Morgan fingerprint density at radius 2 is 1.78 bits per heavy atom. The van der Waals surface area contributed by atoms with E-state index in [-0.39, 0.29) is 6.54 Å². The molecule has 1 aromatic heterocycles. The highest BCUT2D eigenvalue weighted by atomic mass is 19.4. The maximum atomic E-state index is 12.5. The van der Waals surface area contributed by atoms with Crippen LogP contribution in [0.4, 0.5) is 18.9 Å². The van der Waals surface area contributed by atoms with Gasteiger partial charge in [-0.05, 0) is 24.3 Å². The molecule has 1 N–H and O–H groups in total. The monoisotopic (exact) mass is 253 g/mol. The zero-order valence-corrected chi connectivity index (χ0v) is 9.28. The van der Waals surface area contributed by atoms with Gasteiger partial charge in [0.25, 0.3) is 0 Å². The number of rotatable bonds is 3. The highest BCUT2D eigenvalue weighted by Crippen LogP contribution is 2.30. The van der Waals surface area contributed by atoms with E-state index in [1.165, 1.54) is 6.07 Å². The third-order valence-electron chi connectivity index (χ3n) is 2.26. The molecule has 0 fully saturated rings. The average molecular weight is 253 g/mol. The maximum Gasteiger partial charge on any atom is 0.416 e. The first-order chi connectivity index (χ1) is 8.55. The van der Waals surface area contributed by atoms with E-state index in [1.54, 1.807) is 24.5 Å². The molecule has 2 aromatic rings. The minimum atomic E-state index is -4.33. The lowest BCUT2D eigenvalue weighted by atomic mass is 10.2. The van der Waals surface area contributed by atoms with Crippen molar-refractivity contribution in [2.24, 2.45) is 0 Å². The number of anilines is 1. The van der Waals surface area contributed by atoms with E-state index < -0.39 is 11.7 Å². The largest absolute Gasteiger partial charge is 0.416 e. The van der Waals surface area contributed by atoms with Gasteiger partial charge in [0.05, 0.1) is 12.1 Å². The van der Waals surface area contributed by atoms with E-state index in [0.29, 0.717) is 11.5 Å². The summed E-state index contributed by atoms with van der Waals surface area (Å²) in [5.41, 5.74) is -0.293. The molecule has 0 aliphatic carbocycles. The Bertz CT molecular complexity index is 511. The molecule has 1 heterocycles. The Balaban J connectivity index is 2.06. The van der Waals surface area contributed by atoms with E-state index in [2.05, 4.69) is 15.3 Å². The number of hydrogen-bond acceptors (Lipinski definition) is 3. The van der Waals surface area contributed by atoms with Gasteiger partial charge in [0.2, 0.25) is 0 Å². The van der Waals surface area contributed by atoms with E-state index in [4.69, 9.17) is 0 Å². The fourth-order valence-corrected chi connectivity index (χ4v) is 1.41. The quantitative estimate of drug-likeness (QED) is 0.913. The summed E-state index contributed by atoms with van der Waals surface area (Å²) in [6, 6.07) is 6.69. The Morgan fingerprint density at radius 1 is 1.06 bits per heavy atom. The van der Waals surface area contributed by atoms with E-state index in [0.717, 1.165) is 12.1 Å². The summed E-state index contributed by atoms with van der Waals surface area (Å²) < 4.78 is 37.4. The molecule has 1 aromatic carbocycles. The van der Waals surface area contributed by atoms with Crippen LogP contribution >= 0.6 is 0 Å². The first kappa shape index (κ1) is 12.3. The van der Waals surface area contributed by atoms with E-state index >= 15 is 0 Å². The van der Waals surface area contributed by atoms with Crippen molar-refractivity contribution >= 4 is 5.69 Å². The van der Waals surface area contributed by atoms with Crippen LogP contribution in [-0.4, -0.2) is 9.97 Å². The molecule has 2 rings (SSSR count). The van der Waals surface area contributed by atoms with Gasteiger partial charge in [-0.3, -0.25) is 0 Å². The van der Waals surface area contributed by atoms with Crippen molar-refractivity contribution < 1.29 is 13.2 Å². The van der Waals surface area contributed by atoms with E-state index in [9.17, 15) is 13.2 Å². The van der Waals surface area contributed by atoms with Gasteiger partial charge in [-0.2, -0.15) is 13.2 Å². The smallest absolute Gasteiger partial charge is 0.378 e. The zero-order chi connectivity index (χ0) is 13.0. The number of nitrogens with one attached hydrogen (secondary N) is 1. The van der Waals surface area contributed by atoms with Crippen molar-refractivity contribution in [1.82, 2.24) is 9.97 Å². The Hall–Kier alpha value is -2.11. The van der Waals surface area contributed by atoms with Crippen LogP contribution in [0, 0.1) is 0 Å². The van der Waals surface area contributed by atoms with Crippen LogP contribution in [0.5, 0.6) is 0 Å². The second kappa shape index (κ2) is 5.03. The molecule has 6 heteroatoms. The Labute approximate surface area is 102 Å². The van der Waals surface area contributed by atoms with Crippen molar-refractivity contribution in [2.45, 2.75) is 12.7 Å². The third-order valence-corrected chi connectivity index (χ3v) is 2.26. The highest BCUT2D eigenvalue weighted by molar-refractivity contribution is 5.46. The first-order valence-electron chi connectivity index (χ1n) is 5.23. The van der Waals surface area contributed by atoms with Gasteiger partial charge in [0.1, 0.15) is 5.82 Å². The second-order valence-electron chi connectivity index (χ2n) is 3.60. The second-order valence-corrected chi connectivity index (χ2v) is 3.60. The number of nitrogens with zero attached hydrogens (tertiary/aromatic N) is 2. The summed E-state index contributed by atoms with van der Waals surface area (Å²) in [6.45, 7) is 0.280. The van der Waals surface area contributed by atoms with Crippen LogP contribution in [0.2, 0.25) is 0 Å². The molecule has 0 saturated heterocycles. The minimum Gasteiger partial charge on any atom is -0.378 e. The van der Waals surface area contributed by atoms with Crippen molar-refractivity contribution in [3.05, 3.63) is 54.1 Å². The molecule has 94 valence electrons. The molecule has 0 aliphatic rings. The topological polar surface area (TPSA) is 37.8 Å². The standard InChI is InChI=1S/C12H10F3N3/c13-12(14,15)9-3-1-4-10(7-9)18-8-11-16-5-2-6-17-11/h1-7,18H,8H2. The molecule has 3 nitrogen and oxygen atoms in total. The average Bonchev–Trinajstić information content (AvgIpc) is 2.37. The number of halogens is 3. The third kappa shape index (κ3) is 3.19. The van der Waals surface area contributed by atoms with Crippen molar-refractivity contribution in [3.63, 3.8) is 0 Å². The van der Waals surface area contributed by atoms with Crippen molar-refractivity contribution in [1.29, 1.82) is 0 Å². The zero-order valence-electron chi connectivity index (χ0n) is 9.28. The van der Waals surface area contributed by atoms with Crippen LogP contribution in [-0.2, 0) is 12.7 Å². The molecule has 0 atom stereocenters. The summed E-state index contributed by atoms with van der Waals surface area (Å²) in [5, 5.41) is 2.85. The molecule has 18 heavy (non-hydrogen) atoms. The normalized spacial score (nSPS) is 11.3. The number of alkyl halides is 3. The number of benzene rings is 1. The minimum absolute atomic E-state index is 0.280. The summed E-state index contributed by atoms with van der Waals surface area (Å²) in [6.07, 6.45) is -1.17. The lowest BCUT2D eigenvalue weighted by Gasteiger charge is -2.09. The van der Waals surface area contributed by atoms with Crippen LogP contribution in [0.15, 0.2) is 42.7 Å². The molecular weight excluding hydrogens is 243 g/mol. The highest BCUT2D eigenvalue weighted by Gasteiger charge is 2.30. The first-order valence-corrected chi connectivity index (χ1v) is 5.23. The lowest BCUT2D eigenvalue weighted by Crippen LogP contribution is -2.07. The predicted molar refractivity (Wildman–Crippen MR) is 60.8 cm³/mol. The fraction of sp³-hybridized carbons (Fsp3) is 0.167. The maximum absolute atomic E-state index is 12.5. The van der Waals surface area contributed by atoms with Crippen molar-refractivity contribution in [2.75, 3.05) is 5.32 Å². The lowest BCUT2D eigenvalue weighted by molar-refractivity contribution is -0.137. The molecule has 0 saturated carbocycles. The van der Waals surface area contributed by atoms with Gasteiger partial charge in [0, 0.05) is 18.1 Å². The molecular formula is C12H10F3N3. The number of aromatic nitrogens is 2. The molecule has 0 aliphatic heterocycles. The number of hydrogen-bond donors (Lipinski definition) is 1. The molecule has 0 amide bonds. The summed E-state index contributed by atoms with van der Waals surface area (Å²) in [5.74, 6) is 0.523.